The number of methoxy groups -OCH3 is 1. The molecule has 3 rings (SSSR count). The lowest BCUT2D eigenvalue weighted by Gasteiger charge is -2.30. The standard InChI is InChI=1S/C20H22ClN3O3/c1-23-9-11-24(12-10-23)22-14-15-7-8-18(19(13-15)26-2)27-20(25)16-5-3-4-6-17(16)21/h3-8,13-14H,9-12H2,1-2H3/b22-14-. The number of rotatable bonds is 5. The number of nitrogens with zero attached hydrogens (tertiary/aromatic N) is 3. The minimum absolute atomic E-state index is 0.307. The number of likely N-dealkylation sites (N-methyl/N-ethyl adjacent to an activating group) is 1. The second-order valence-corrected chi connectivity index (χ2v) is 6.69. The van der Waals surface area contributed by atoms with E-state index in [0.29, 0.717) is 22.1 Å². The highest BCUT2D eigenvalue weighted by Crippen LogP contribution is 2.29. The Balaban J connectivity index is 1.71. The van der Waals surface area contributed by atoms with E-state index in [0.717, 1.165) is 31.7 Å². The molecule has 1 saturated heterocycles. The largest absolute Gasteiger partial charge is 0.493 e. The Hall–Kier alpha value is -2.57. The zero-order valence-electron chi connectivity index (χ0n) is 15.4. The molecule has 0 radical (unpaired) electrons. The van der Waals surface area contributed by atoms with Gasteiger partial charge in [-0.05, 0) is 42.9 Å². The van der Waals surface area contributed by atoms with Crippen LogP contribution < -0.4 is 9.47 Å². The molecule has 1 aliphatic heterocycles. The molecule has 2 aromatic rings. The average Bonchev–Trinajstić information content (AvgIpc) is 2.68. The maximum atomic E-state index is 12.3. The molecule has 0 bridgehead atoms. The van der Waals surface area contributed by atoms with Crippen LogP contribution in [0, 0.1) is 0 Å². The molecule has 0 aliphatic carbocycles. The molecule has 0 saturated carbocycles. The van der Waals surface area contributed by atoms with Gasteiger partial charge in [0, 0.05) is 26.2 Å². The number of ether oxygens (including phenoxy) is 2. The Morgan fingerprint density at radius 3 is 2.56 bits per heavy atom. The van der Waals surface area contributed by atoms with Crippen molar-refractivity contribution in [3.8, 4) is 11.5 Å². The van der Waals surface area contributed by atoms with Gasteiger partial charge in [0.25, 0.3) is 0 Å². The molecule has 0 aromatic heterocycles. The summed E-state index contributed by atoms with van der Waals surface area (Å²) in [6.07, 6.45) is 1.79. The van der Waals surface area contributed by atoms with Crippen molar-refractivity contribution in [2.24, 2.45) is 5.10 Å². The molecule has 0 N–H and O–H groups in total. The van der Waals surface area contributed by atoms with Gasteiger partial charge >= 0.3 is 5.97 Å². The van der Waals surface area contributed by atoms with Gasteiger partial charge in [-0.1, -0.05) is 23.7 Å². The Kier molecular flexibility index (Phi) is 6.32. The minimum Gasteiger partial charge on any atom is -0.493 e. The number of hydrazone groups is 1. The molecular weight excluding hydrogens is 366 g/mol. The molecule has 2 aromatic carbocycles. The smallest absolute Gasteiger partial charge is 0.345 e. The van der Waals surface area contributed by atoms with E-state index < -0.39 is 5.97 Å². The minimum atomic E-state index is -0.530. The van der Waals surface area contributed by atoms with Crippen molar-refractivity contribution >= 4 is 23.8 Å². The predicted molar refractivity (Wildman–Crippen MR) is 106 cm³/mol. The van der Waals surface area contributed by atoms with Crippen LogP contribution in [-0.4, -0.2) is 62.4 Å². The van der Waals surface area contributed by atoms with Crippen molar-refractivity contribution in [3.63, 3.8) is 0 Å². The fraction of sp³-hybridized carbons (Fsp3) is 0.300. The van der Waals surface area contributed by atoms with Crippen LogP contribution >= 0.6 is 11.6 Å². The Morgan fingerprint density at radius 2 is 1.85 bits per heavy atom. The van der Waals surface area contributed by atoms with Gasteiger partial charge in [0.15, 0.2) is 11.5 Å². The number of halogens is 1. The number of benzene rings is 2. The van der Waals surface area contributed by atoms with Crippen LogP contribution in [0.15, 0.2) is 47.6 Å². The van der Waals surface area contributed by atoms with E-state index in [-0.39, 0.29) is 0 Å². The van der Waals surface area contributed by atoms with Crippen LogP contribution in [0.3, 0.4) is 0 Å². The first-order valence-electron chi connectivity index (χ1n) is 8.69. The number of hydrogen-bond acceptors (Lipinski definition) is 6. The normalized spacial score (nSPS) is 15.1. The molecule has 7 heteroatoms. The van der Waals surface area contributed by atoms with E-state index in [1.165, 1.54) is 7.11 Å². The molecule has 0 amide bonds. The first-order valence-corrected chi connectivity index (χ1v) is 9.07. The van der Waals surface area contributed by atoms with Crippen LogP contribution in [0.2, 0.25) is 5.02 Å². The topological polar surface area (TPSA) is 54.4 Å². The summed E-state index contributed by atoms with van der Waals surface area (Å²) < 4.78 is 10.8. The lowest BCUT2D eigenvalue weighted by Crippen LogP contribution is -2.41. The highest BCUT2D eigenvalue weighted by Gasteiger charge is 2.15. The van der Waals surface area contributed by atoms with Crippen molar-refractivity contribution in [2.45, 2.75) is 0 Å². The van der Waals surface area contributed by atoms with E-state index in [1.54, 1.807) is 42.6 Å². The van der Waals surface area contributed by atoms with Gasteiger partial charge in [0.1, 0.15) is 0 Å². The highest BCUT2D eigenvalue weighted by molar-refractivity contribution is 6.33. The number of piperazine rings is 1. The summed E-state index contributed by atoms with van der Waals surface area (Å²) in [5.41, 5.74) is 1.17. The molecule has 0 atom stereocenters. The zero-order valence-corrected chi connectivity index (χ0v) is 16.1. The second kappa shape index (κ2) is 8.88. The number of carbonyl (C=O) groups excluding carboxylic acids is 1. The SMILES string of the molecule is COc1cc(/C=N\N2CCN(C)CC2)ccc1OC(=O)c1ccccc1Cl. The van der Waals surface area contributed by atoms with E-state index in [9.17, 15) is 4.79 Å². The van der Waals surface area contributed by atoms with Crippen LogP contribution in [0.1, 0.15) is 15.9 Å². The van der Waals surface area contributed by atoms with E-state index in [1.807, 2.05) is 11.1 Å². The number of carbonyl (C=O) groups is 1. The van der Waals surface area contributed by atoms with Gasteiger partial charge in [-0.2, -0.15) is 5.10 Å². The molecule has 0 spiro atoms. The lowest BCUT2D eigenvalue weighted by atomic mass is 10.2. The quantitative estimate of drug-likeness (QED) is 0.448. The second-order valence-electron chi connectivity index (χ2n) is 6.28. The van der Waals surface area contributed by atoms with Crippen LogP contribution in [0.5, 0.6) is 11.5 Å². The van der Waals surface area contributed by atoms with Crippen molar-refractivity contribution in [3.05, 3.63) is 58.6 Å². The Morgan fingerprint density at radius 1 is 1.11 bits per heavy atom. The third kappa shape index (κ3) is 4.99. The van der Waals surface area contributed by atoms with Crippen molar-refractivity contribution in [1.29, 1.82) is 0 Å². The summed E-state index contributed by atoms with van der Waals surface area (Å²) in [6, 6.07) is 12.1. The maximum Gasteiger partial charge on any atom is 0.345 e. The molecule has 142 valence electrons. The zero-order chi connectivity index (χ0) is 19.2. The summed E-state index contributed by atoms with van der Waals surface area (Å²) in [5, 5.41) is 6.90. The highest BCUT2D eigenvalue weighted by atomic mass is 35.5. The van der Waals surface area contributed by atoms with E-state index in [4.69, 9.17) is 21.1 Å². The monoisotopic (exact) mass is 387 g/mol. The molecule has 27 heavy (non-hydrogen) atoms. The fourth-order valence-corrected chi connectivity index (χ4v) is 2.90. The summed E-state index contributed by atoms with van der Waals surface area (Å²) in [5.74, 6) is 0.259. The lowest BCUT2D eigenvalue weighted by molar-refractivity contribution is 0.0730. The molecular formula is C20H22ClN3O3. The number of esters is 1. The van der Waals surface area contributed by atoms with Crippen LogP contribution in [-0.2, 0) is 0 Å². The van der Waals surface area contributed by atoms with Gasteiger partial charge in [-0.15, -0.1) is 0 Å². The van der Waals surface area contributed by atoms with Gasteiger partial charge in [0.05, 0.1) is 23.9 Å². The molecule has 0 unspecified atom stereocenters. The van der Waals surface area contributed by atoms with Gasteiger partial charge in [0.2, 0.25) is 0 Å². The van der Waals surface area contributed by atoms with Gasteiger partial charge < -0.3 is 14.4 Å². The fourth-order valence-electron chi connectivity index (χ4n) is 2.69. The molecule has 6 nitrogen and oxygen atoms in total. The van der Waals surface area contributed by atoms with E-state index in [2.05, 4.69) is 17.0 Å². The maximum absolute atomic E-state index is 12.3. The number of hydrogen-bond donors (Lipinski definition) is 0. The average molecular weight is 388 g/mol. The first kappa shape index (κ1) is 19.2. The summed E-state index contributed by atoms with van der Waals surface area (Å²) >= 11 is 6.05. The first-order chi connectivity index (χ1) is 13.1. The van der Waals surface area contributed by atoms with Crippen molar-refractivity contribution < 1.29 is 14.3 Å². The predicted octanol–water partition coefficient (Wildman–Crippen LogP) is 3.15. The molecule has 1 fully saturated rings. The summed E-state index contributed by atoms with van der Waals surface area (Å²) in [4.78, 5) is 14.6. The van der Waals surface area contributed by atoms with Gasteiger partial charge in [-0.25, -0.2) is 4.79 Å². The van der Waals surface area contributed by atoms with Crippen molar-refractivity contribution in [1.82, 2.24) is 9.91 Å². The molecule has 1 aliphatic rings. The third-order valence-electron chi connectivity index (χ3n) is 4.33. The third-order valence-corrected chi connectivity index (χ3v) is 4.66. The van der Waals surface area contributed by atoms with Gasteiger partial charge in [-0.3, -0.25) is 5.01 Å². The van der Waals surface area contributed by atoms with Crippen LogP contribution in [0.4, 0.5) is 0 Å². The Bertz CT molecular complexity index is 833. The van der Waals surface area contributed by atoms with E-state index >= 15 is 0 Å². The van der Waals surface area contributed by atoms with Crippen molar-refractivity contribution in [2.75, 3.05) is 40.3 Å². The van der Waals surface area contributed by atoms with Crippen LogP contribution in [0.25, 0.3) is 0 Å². The summed E-state index contributed by atoms with van der Waals surface area (Å²) in [7, 11) is 3.64. The summed E-state index contributed by atoms with van der Waals surface area (Å²) in [6.45, 7) is 3.80. The Labute approximate surface area is 163 Å². The molecule has 1 heterocycles.